The normalized spacial score (nSPS) is 37.2. The molecule has 2 unspecified atom stereocenters. The molecule has 0 aromatic rings. The fraction of sp³-hybridized carbons (Fsp3) is 1.00. The zero-order valence-electron chi connectivity index (χ0n) is 8.34. The summed E-state index contributed by atoms with van der Waals surface area (Å²) in [5.41, 5.74) is 0.327. The molecule has 0 amide bonds. The molecule has 70 valence electrons. The highest BCUT2D eigenvalue weighted by atomic mass is 16.5. The summed E-state index contributed by atoms with van der Waals surface area (Å²) < 4.78 is 5.52. The minimum Gasteiger partial charge on any atom is -0.375 e. The predicted octanol–water partition coefficient (Wildman–Crippen LogP) is 1.65. The van der Waals surface area contributed by atoms with Crippen molar-refractivity contribution in [3.8, 4) is 0 Å². The molecule has 2 saturated heterocycles. The monoisotopic (exact) mass is 169 g/mol. The van der Waals surface area contributed by atoms with Gasteiger partial charge in [-0.05, 0) is 40.2 Å². The van der Waals surface area contributed by atoms with E-state index in [-0.39, 0.29) is 0 Å². The first-order valence-electron chi connectivity index (χ1n) is 4.97. The molecule has 2 rings (SSSR count). The van der Waals surface area contributed by atoms with Gasteiger partial charge in [0.2, 0.25) is 0 Å². The molecule has 2 fully saturated rings. The minimum atomic E-state index is 0.327. The molecule has 2 aliphatic rings. The first-order valence-corrected chi connectivity index (χ1v) is 4.97. The largest absolute Gasteiger partial charge is 0.375 e. The Kier molecular flexibility index (Phi) is 1.92. The van der Waals surface area contributed by atoms with Crippen molar-refractivity contribution in [3.63, 3.8) is 0 Å². The summed E-state index contributed by atoms with van der Waals surface area (Å²) in [6.07, 6.45) is 3.13. The van der Waals surface area contributed by atoms with Crippen molar-refractivity contribution in [1.82, 2.24) is 4.90 Å². The van der Waals surface area contributed by atoms with Crippen LogP contribution in [0.25, 0.3) is 0 Å². The molecule has 0 radical (unpaired) electrons. The Morgan fingerprint density at radius 3 is 2.50 bits per heavy atom. The zero-order chi connectivity index (χ0) is 8.77. The summed E-state index contributed by atoms with van der Waals surface area (Å²) in [6, 6.07) is 0.721. The zero-order valence-corrected chi connectivity index (χ0v) is 8.34. The third-order valence-electron chi connectivity index (χ3n) is 3.06. The summed E-state index contributed by atoms with van der Waals surface area (Å²) in [5.74, 6) is 0. The summed E-state index contributed by atoms with van der Waals surface area (Å²) >= 11 is 0. The molecule has 12 heavy (non-hydrogen) atoms. The number of fused-ring (bicyclic) bond motifs is 1. The molecule has 0 spiro atoms. The maximum Gasteiger partial charge on any atom is 0.0754 e. The quantitative estimate of drug-likeness (QED) is 0.546. The van der Waals surface area contributed by atoms with Crippen LogP contribution in [-0.4, -0.2) is 35.7 Å². The lowest BCUT2D eigenvalue weighted by Gasteiger charge is -2.53. The van der Waals surface area contributed by atoms with Crippen molar-refractivity contribution in [1.29, 1.82) is 0 Å². The van der Waals surface area contributed by atoms with Gasteiger partial charge in [0, 0.05) is 5.54 Å². The van der Waals surface area contributed by atoms with Crippen LogP contribution in [0, 0.1) is 0 Å². The van der Waals surface area contributed by atoms with Crippen molar-refractivity contribution >= 4 is 0 Å². The Morgan fingerprint density at radius 2 is 2.08 bits per heavy atom. The van der Waals surface area contributed by atoms with Gasteiger partial charge in [-0.25, -0.2) is 0 Å². The Hall–Kier alpha value is -0.0800. The minimum absolute atomic E-state index is 0.327. The number of nitrogens with zero attached hydrogens (tertiary/aromatic N) is 1. The molecule has 0 aromatic carbocycles. The fourth-order valence-corrected chi connectivity index (χ4v) is 2.35. The average Bonchev–Trinajstić information content (AvgIpc) is 1.88. The van der Waals surface area contributed by atoms with Crippen LogP contribution in [0.2, 0.25) is 0 Å². The standard InChI is InChI=1S/C10H19NO/c1-10(2,3)11-6-4-5-9-8(11)7-12-9/h8-9H,4-7H2,1-3H3. The average molecular weight is 169 g/mol. The highest BCUT2D eigenvalue weighted by molar-refractivity contribution is 4.96. The van der Waals surface area contributed by atoms with Crippen LogP contribution < -0.4 is 0 Å². The number of hydrogen-bond donors (Lipinski definition) is 0. The topological polar surface area (TPSA) is 12.5 Å². The van der Waals surface area contributed by atoms with E-state index >= 15 is 0 Å². The number of rotatable bonds is 0. The van der Waals surface area contributed by atoms with E-state index in [0.29, 0.717) is 11.6 Å². The van der Waals surface area contributed by atoms with E-state index in [2.05, 4.69) is 25.7 Å². The van der Waals surface area contributed by atoms with E-state index in [1.807, 2.05) is 0 Å². The van der Waals surface area contributed by atoms with Crippen LogP contribution >= 0.6 is 0 Å². The van der Waals surface area contributed by atoms with Crippen LogP contribution in [0.1, 0.15) is 33.6 Å². The van der Waals surface area contributed by atoms with E-state index in [1.165, 1.54) is 19.4 Å². The number of likely N-dealkylation sites (tertiary alicyclic amines) is 1. The summed E-state index contributed by atoms with van der Waals surface area (Å²) in [7, 11) is 0. The summed E-state index contributed by atoms with van der Waals surface area (Å²) in [5, 5.41) is 0. The van der Waals surface area contributed by atoms with E-state index in [0.717, 1.165) is 12.6 Å². The first-order chi connectivity index (χ1) is 5.59. The van der Waals surface area contributed by atoms with Gasteiger partial charge in [-0.3, -0.25) is 4.90 Å². The van der Waals surface area contributed by atoms with Crippen LogP contribution in [-0.2, 0) is 4.74 Å². The number of ether oxygens (including phenoxy) is 1. The van der Waals surface area contributed by atoms with Crippen molar-refractivity contribution in [2.24, 2.45) is 0 Å². The molecule has 0 saturated carbocycles. The van der Waals surface area contributed by atoms with Gasteiger partial charge in [0.1, 0.15) is 0 Å². The Balaban J connectivity index is 2.05. The molecule has 0 bridgehead atoms. The van der Waals surface area contributed by atoms with E-state index in [1.54, 1.807) is 0 Å². The third-order valence-corrected chi connectivity index (χ3v) is 3.06. The lowest BCUT2D eigenvalue weighted by molar-refractivity contribution is -0.176. The lowest BCUT2D eigenvalue weighted by Crippen LogP contribution is -2.64. The van der Waals surface area contributed by atoms with Gasteiger partial charge < -0.3 is 4.74 Å². The van der Waals surface area contributed by atoms with E-state index in [4.69, 9.17) is 4.74 Å². The van der Waals surface area contributed by atoms with Gasteiger partial charge in [-0.15, -0.1) is 0 Å². The second kappa shape index (κ2) is 2.71. The van der Waals surface area contributed by atoms with Crippen molar-refractivity contribution in [2.45, 2.75) is 51.3 Å². The third kappa shape index (κ3) is 1.27. The maximum atomic E-state index is 5.52. The van der Waals surface area contributed by atoms with Crippen LogP contribution in [0.4, 0.5) is 0 Å². The van der Waals surface area contributed by atoms with Crippen LogP contribution in [0.3, 0.4) is 0 Å². The van der Waals surface area contributed by atoms with Crippen LogP contribution in [0.15, 0.2) is 0 Å². The first kappa shape index (κ1) is 8.52. The van der Waals surface area contributed by atoms with Gasteiger partial charge in [0.15, 0.2) is 0 Å². The molecule has 0 N–H and O–H groups in total. The van der Waals surface area contributed by atoms with Gasteiger partial charge >= 0.3 is 0 Å². The summed E-state index contributed by atoms with van der Waals surface area (Å²) in [4.78, 5) is 2.60. The van der Waals surface area contributed by atoms with Gasteiger partial charge in [-0.1, -0.05) is 0 Å². The second-order valence-corrected chi connectivity index (χ2v) is 4.95. The van der Waals surface area contributed by atoms with Gasteiger partial charge in [0.05, 0.1) is 18.8 Å². The molecule has 2 atom stereocenters. The predicted molar refractivity (Wildman–Crippen MR) is 49.2 cm³/mol. The molecular weight excluding hydrogens is 150 g/mol. The Bertz CT molecular complexity index is 173. The Morgan fingerprint density at radius 1 is 1.33 bits per heavy atom. The SMILES string of the molecule is CC(C)(C)N1CCCC2OCC21. The molecule has 2 heteroatoms. The van der Waals surface area contributed by atoms with Crippen molar-refractivity contribution in [2.75, 3.05) is 13.2 Å². The van der Waals surface area contributed by atoms with Gasteiger partial charge in [-0.2, -0.15) is 0 Å². The maximum absolute atomic E-state index is 5.52. The molecular formula is C10H19NO. The smallest absolute Gasteiger partial charge is 0.0754 e. The van der Waals surface area contributed by atoms with Crippen molar-refractivity contribution in [3.05, 3.63) is 0 Å². The highest BCUT2D eigenvalue weighted by Crippen LogP contribution is 2.32. The fourth-order valence-electron chi connectivity index (χ4n) is 2.35. The highest BCUT2D eigenvalue weighted by Gasteiger charge is 2.43. The molecule has 2 nitrogen and oxygen atoms in total. The lowest BCUT2D eigenvalue weighted by atomic mass is 9.90. The van der Waals surface area contributed by atoms with E-state index in [9.17, 15) is 0 Å². The Labute approximate surface area is 74.9 Å². The number of hydrogen-bond acceptors (Lipinski definition) is 2. The molecule has 0 aliphatic carbocycles. The second-order valence-electron chi connectivity index (χ2n) is 4.95. The van der Waals surface area contributed by atoms with E-state index < -0.39 is 0 Å². The molecule has 2 heterocycles. The van der Waals surface area contributed by atoms with Crippen molar-refractivity contribution < 1.29 is 4.74 Å². The van der Waals surface area contributed by atoms with Gasteiger partial charge in [0.25, 0.3) is 0 Å². The summed E-state index contributed by atoms with van der Waals surface area (Å²) in [6.45, 7) is 9.12. The molecule has 0 aromatic heterocycles. The number of piperidine rings is 1. The van der Waals surface area contributed by atoms with Crippen LogP contribution in [0.5, 0.6) is 0 Å². The molecule has 2 aliphatic heterocycles.